The summed E-state index contributed by atoms with van der Waals surface area (Å²) in [6, 6.07) is 9.95. The molecule has 2 aromatic heterocycles. The Kier molecular flexibility index (Phi) is 7.50. The van der Waals surface area contributed by atoms with Crippen molar-refractivity contribution in [3.63, 3.8) is 0 Å². The van der Waals surface area contributed by atoms with Gasteiger partial charge < -0.3 is 14.4 Å². The first-order valence-corrected chi connectivity index (χ1v) is 12.3. The summed E-state index contributed by atoms with van der Waals surface area (Å²) < 4.78 is 11.0. The maximum atomic E-state index is 13.3. The van der Waals surface area contributed by atoms with Gasteiger partial charge in [-0.15, -0.1) is 0 Å². The third kappa shape index (κ3) is 5.41. The second-order valence-electron chi connectivity index (χ2n) is 7.32. The monoisotopic (exact) mass is 502 g/mol. The average molecular weight is 503 g/mol. The number of nitrogens with one attached hydrogen (secondary N) is 1. The first-order valence-electron chi connectivity index (χ1n) is 10.6. The molecule has 34 heavy (non-hydrogen) atoms. The van der Waals surface area contributed by atoms with Crippen LogP contribution >= 0.6 is 22.7 Å². The number of aromatic nitrogens is 1. The van der Waals surface area contributed by atoms with Gasteiger partial charge in [-0.3, -0.25) is 25.0 Å². The highest BCUT2D eigenvalue weighted by molar-refractivity contribution is 7.19. The largest absolute Gasteiger partial charge is 0.494 e. The summed E-state index contributed by atoms with van der Waals surface area (Å²) in [6.07, 6.45) is 0.891. The van der Waals surface area contributed by atoms with Crippen molar-refractivity contribution in [2.45, 2.75) is 13.3 Å². The van der Waals surface area contributed by atoms with Gasteiger partial charge in [-0.2, -0.15) is 0 Å². The third-order valence-corrected chi connectivity index (χ3v) is 6.93. The molecule has 0 atom stereocenters. The Hall–Kier alpha value is -3.35. The van der Waals surface area contributed by atoms with Gasteiger partial charge in [-0.25, -0.2) is 4.98 Å². The zero-order valence-corrected chi connectivity index (χ0v) is 19.9. The fraction of sp³-hybridized carbons (Fsp3) is 0.318. The summed E-state index contributed by atoms with van der Waals surface area (Å²) in [5.74, 6) is 0.0103. The van der Waals surface area contributed by atoms with E-state index in [0.29, 0.717) is 49.0 Å². The van der Waals surface area contributed by atoms with Crippen LogP contribution in [-0.2, 0) is 4.74 Å². The van der Waals surface area contributed by atoms with E-state index in [9.17, 15) is 19.7 Å². The summed E-state index contributed by atoms with van der Waals surface area (Å²) in [6.45, 7) is 4.50. The Balaban J connectivity index is 1.62. The summed E-state index contributed by atoms with van der Waals surface area (Å²) in [5.41, 5.74) is 1.17. The number of nitro groups is 1. The third-order valence-electron chi connectivity index (χ3n) is 4.94. The number of carbonyl (C=O) groups is 2. The van der Waals surface area contributed by atoms with Gasteiger partial charge in [-0.05, 0) is 36.8 Å². The maximum absolute atomic E-state index is 13.3. The predicted molar refractivity (Wildman–Crippen MR) is 129 cm³/mol. The molecule has 0 aliphatic carbocycles. The van der Waals surface area contributed by atoms with Crippen molar-refractivity contribution in [2.24, 2.45) is 0 Å². The number of thiazole rings is 1. The van der Waals surface area contributed by atoms with Crippen LogP contribution in [0.4, 0.5) is 10.1 Å². The number of ether oxygens (including phenoxy) is 2. The molecule has 12 heteroatoms. The van der Waals surface area contributed by atoms with Gasteiger partial charge in [0.15, 0.2) is 5.13 Å². The molecule has 1 aliphatic rings. The summed E-state index contributed by atoms with van der Waals surface area (Å²) in [4.78, 5) is 43.1. The second kappa shape index (κ2) is 10.7. The number of thiophene rings is 1. The fourth-order valence-electron chi connectivity index (χ4n) is 3.26. The predicted octanol–water partition coefficient (Wildman–Crippen LogP) is 4.29. The quantitative estimate of drug-likeness (QED) is 0.360. The van der Waals surface area contributed by atoms with Crippen molar-refractivity contribution in [1.82, 2.24) is 9.88 Å². The topological polar surface area (TPSA) is 124 Å². The van der Waals surface area contributed by atoms with Gasteiger partial charge in [0.05, 0.1) is 35.3 Å². The number of benzene rings is 1. The van der Waals surface area contributed by atoms with Crippen LogP contribution in [0.15, 0.2) is 36.4 Å². The molecule has 0 bridgehead atoms. The van der Waals surface area contributed by atoms with Gasteiger partial charge in [0.1, 0.15) is 10.6 Å². The van der Waals surface area contributed by atoms with E-state index in [-0.39, 0.29) is 20.9 Å². The van der Waals surface area contributed by atoms with Crippen molar-refractivity contribution >= 4 is 44.6 Å². The Morgan fingerprint density at radius 2 is 1.91 bits per heavy atom. The molecule has 178 valence electrons. The molecule has 0 radical (unpaired) electrons. The average Bonchev–Trinajstić information content (AvgIpc) is 3.51. The van der Waals surface area contributed by atoms with Gasteiger partial charge in [0, 0.05) is 24.7 Å². The molecule has 4 rings (SSSR count). The fourth-order valence-corrected chi connectivity index (χ4v) is 4.93. The molecule has 0 spiro atoms. The van der Waals surface area contributed by atoms with Crippen molar-refractivity contribution < 1.29 is 24.0 Å². The minimum atomic E-state index is -0.546. The molecule has 3 heterocycles. The van der Waals surface area contributed by atoms with E-state index >= 15 is 0 Å². The Morgan fingerprint density at radius 3 is 2.56 bits per heavy atom. The summed E-state index contributed by atoms with van der Waals surface area (Å²) >= 11 is 1.85. The number of carbonyl (C=O) groups excluding carboxylic acids is 2. The van der Waals surface area contributed by atoms with E-state index in [0.717, 1.165) is 34.8 Å². The molecular formula is C22H22N4O6S2. The highest BCUT2D eigenvalue weighted by Crippen LogP contribution is 2.34. The molecule has 2 amide bonds. The lowest BCUT2D eigenvalue weighted by molar-refractivity contribution is -0.380. The van der Waals surface area contributed by atoms with Crippen LogP contribution in [0.25, 0.3) is 11.3 Å². The molecular weight excluding hydrogens is 480 g/mol. The number of anilines is 1. The highest BCUT2D eigenvalue weighted by atomic mass is 32.1. The van der Waals surface area contributed by atoms with Crippen LogP contribution in [0.2, 0.25) is 0 Å². The van der Waals surface area contributed by atoms with Crippen LogP contribution in [0.1, 0.15) is 32.7 Å². The Labute approximate surface area is 203 Å². The van der Waals surface area contributed by atoms with E-state index in [4.69, 9.17) is 9.47 Å². The lowest BCUT2D eigenvalue weighted by Crippen LogP contribution is -2.40. The molecule has 3 aromatic rings. The minimum Gasteiger partial charge on any atom is -0.494 e. The molecule has 1 N–H and O–H groups in total. The molecule has 1 fully saturated rings. The van der Waals surface area contributed by atoms with Gasteiger partial charge in [-0.1, -0.05) is 29.6 Å². The van der Waals surface area contributed by atoms with Gasteiger partial charge in [0.2, 0.25) is 0 Å². The van der Waals surface area contributed by atoms with Crippen molar-refractivity contribution in [3.05, 3.63) is 56.3 Å². The smallest absolute Gasteiger partial charge is 0.324 e. The molecule has 1 saturated heterocycles. The molecule has 0 saturated carbocycles. The Bertz CT molecular complexity index is 1180. The van der Waals surface area contributed by atoms with Crippen LogP contribution < -0.4 is 10.1 Å². The molecule has 1 aliphatic heterocycles. The van der Waals surface area contributed by atoms with Gasteiger partial charge >= 0.3 is 5.00 Å². The minimum absolute atomic E-state index is 0.126. The first-order chi connectivity index (χ1) is 16.5. The van der Waals surface area contributed by atoms with E-state index in [2.05, 4.69) is 10.3 Å². The molecule has 1 aromatic carbocycles. The van der Waals surface area contributed by atoms with Crippen molar-refractivity contribution in [2.75, 3.05) is 38.2 Å². The Morgan fingerprint density at radius 1 is 1.18 bits per heavy atom. The lowest BCUT2D eigenvalue weighted by atomic mass is 10.1. The van der Waals surface area contributed by atoms with E-state index in [1.807, 2.05) is 31.2 Å². The van der Waals surface area contributed by atoms with E-state index in [1.165, 1.54) is 12.1 Å². The van der Waals surface area contributed by atoms with E-state index < -0.39 is 10.8 Å². The molecule has 0 unspecified atom stereocenters. The number of rotatable bonds is 8. The summed E-state index contributed by atoms with van der Waals surface area (Å²) in [5, 5.41) is 13.7. The van der Waals surface area contributed by atoms with Crippen molar-refractivity contribution in [1.29, 1.82) is 0 Å². The number of hydrogen-bond acceptors (Lipinski definition) is 9. The highest BCUT2D eigenvalue weighted by Gasteiger charge is 2.27. The molecule has 10 nitrogen and oxygen atoms in total. The zero-order valence-electron chi connectivity index (χ0n) is 18.3. The number of hydrogen-bond donors (Lipinski definition) is 1. The normalized spacial score (nSPS) is 13.5. The summed E-state index contributed by atoms with van der Waals surface area (Å²) in [7, 11) is 0. The number of morpholine rings is 1. The van der Waals surface area contributed by atoms with E-state index in [1.54, 1.807) is 4.90 Å². The van der Waals surface area contributed by atoms with Crippen LogP contribution in [0.5, 0.6) is 5.75 Å². The van der Waals surface area contributed by atoms with Crippen LogP contribution in [-0.4, -0.2) is 59.5 Å². The van der Waals surface area contributed by atoms with Crippen LogP contribution in [0, 0.1) is 10.1 Å². The SMILES string of the molecule is CCCOc1ccc(-c2nc(NC(=O)c3ccc([N+](=O)[O-])s3)sc2C(=O)N2CCOCC2)cc1. The van der Waals surface area contributed by atoms with Crippen LogP contribution in [0.3, 0.4) is 0 Å². The number of amides is 2. The standard InChI is InChI=1S/C22H22N4O6S2/c1-2-11-32-15-5-3-14(4-6-15)18-19(21(28)25-9-12-31-13-10-25)34-22(23-18)24-20(27)16-7-8-17(33-16)26(29)30/h3-8H,2,9-13H2,1H3,(H,23,24,27). The van der Waals surface area contributed by atoms with Crippen molar-refractivity contribution in [3.8, 4) is 17.0 Å². The second-order valence-corrected chi connectivity index (χ2v) is 9.38. The zero-order chi connectivity index (χ0) is 24.1. The number of nitrogens with zero attached hydrogens (tertiary/aromatic N) is 3. The van der Waals surface area contributed by atoms with Gasteiger partial charge in [0.25, 0.3) is 11.8 Å². The first kappa shape index (κ1) is 23.8. The lowest BCUT2D eigenvalue weighted by Gasteiger charge is -2.26. The maximum Gasteiger partial charge on any atom is 0.324 e.